The number of nitrogens with one attached hydrogen (secondary N) is 5. The van der Waals surface area contributed by atoms with Crippen LogP contribution in [0.4, 0.5) is 0 Å². The van der Waals surface area contributed by atoms with Gasteiger partial charge < -0.3 is 43.2 Å². The van der Waals surface area contributed by atoms with Crippen LogP contribution in [-0.4, -0.2) is 83.4 Å². The largest absolute Gasteiger partial charge is 0.480 e. The number of aliphatic carboxylic acids is 1. The van der Waals surface area contributed by atoms with Crippen molar-refractivity contribution in [3.8, 4) is 0 Å². The van der Waals surface area contributed by atoms with Crippen molar-refractivity contribution in [3.05, 3.63) is 71.8 Å². The summed E-state index contributed by atoms with van der Waals surface area (Å²) in [5.41, 5.74) is 13.0. The highest BCUT2D eigenvalue weighted by molar-refractivity contribution is 5.96. The highest BCUT2D eigenvalue weighted by atomic mass is 16.4. The minimum absolute atomic E-state index is 0.0507. The van der Waals surface area contributed by atoms with Crippen LogP contribution in [0.5, 0.6) is 0 Å². The first kappa shape index (κ1) is 42.3. The van der Waals surface area contributed by atoms with Gasteiger partial charge in [0.2, 0.25) is 29.5 Å². The molecule has 0 saturated carbocycles. The summed E-state index contributed by atoms with van der Waals surface area (Å²) >= 11 is 0. The van der Waals surface area contributed by atoms with E-state index in [1.54, 1.807) is 82.3 Å². The lowest BCUT2D eigenvalue weighted by Gasteiger charge is -2.29. The predicted molar refractivity (Wildman–Crippen MR) is 194 cm³/mol. The number of carbonyl (C=O) groups excluding carboxylic acids is 5. The lowest BCUT2D eigenvalue weighted by molar-refractivity contribution is -0.141. The molecular formula is C37H55N7O7. The van der Waals surface area contributed by atoms with Crippen LogP contribution in [-0.2, 0) is 41.6 Å². The standard InChI is InChI=1S/C37H55N7O7/c1-22(2)30(44-36(49)31(23(3)4)43-32(45)27(39)18-12-13-19-38)35(48)42-29(21-26-16-10-7-11-17-26)34(47)41-28(20-25-14-8-6-9-15-25)33(46)40-24(5)37(50)51/h6-11,14-17,22-24,27-31H,12-13,18-21,38-39H2,1-5H3,(H,40,46)(H,41,47)(H,42,48)(H,43,45)(H,44,49)(H,50,51)/t24-,27-,28-,29-,30-,31-/m0/s1. The zero-order chi connectivity index (χ0) is 38.1. The van der Waals surface area contributed by atoms with Crippen molar-refractivity contribution in [2.45, 2.75) is 103 Å². The van der Waals surface area contributed by atoms with Gasteiger partial charge in [0.1, 0.15) is 30.2 Å². The van der Waals surface area contributed by atoms with Crippen LogP contribution >= 0.6 is 0 Å². The smallest absolute Gasteiger partial charge is 0.325 e. The molecule has 6 atom stereocenters. The Bertz CT molecular complexity index is 1440. The zero-order valence-electron chi connectivity index (χ0n) is 30.2. The van der Waals surface area contributed by atoms with Crippen LogP contribution < -0.4 is 38.1 Å². The number of hydrogen-bond donors (Lipinski definition) is 8. The van der Waals surface area contributed by atoms with Crippen molar-refractivity contribution in [1.29, 1.82) is 0 Å². The number of carboxylic acids is 1. The van der Waals surface area contributed by atoms with Crippen molar-refractivity contribution in [1.82, 2.24) is 26.6 Å². The number of unbranched alkanes of at least 4 members (excludes halogenated alkanes) is 1. The molecule has 51 heavy (non-hydrogen) atoms. The first-order valence-electron chi connectivity index (χ1n) is 17.4. The van der Waals surface area contributed by atoms with E-state index in [1.807, 2.05) is 6.07 Å². The average Bonchev–Trinajstić information content (AvgIpc) is 3.09. The van der Waals surface area contributed by atoms with E-state index >= 15 is 0 Å². The monoisotopic (exact) mass is 709 g/mol. The molecule has 2 aromatic carbocycles. The third-order valence-electron chi connectivity index (χ3n) is 8.36. The average molecular weight is 710 g/mol. The van der Waals surface area contributed by atoms with E-state index in [4.69, 9.17) is 11.5 Å². The molecule has 14 nitrogen and oxygen atoms in total. The highest BCUT2D eigenvalue weighted by Gasteiger charge is 2.34. The summed E-state index contributed by atoms with van der Waals surface area (Å²) in [6.07, 6.45) is 1.89. The van der Waals surface area contributed by atoms with Gasteiger partial charge in [-0.15, -0.1) is 0 Å². The van der Waals surface area contributed by atoms with E-state index in [0.29, 0.717) is 25.8 Å². The quantitative estimate of drug-likeness (QED) is 0.0854. The molecule has 0 bridgehead atoms. The summed E-state index contributed by atoms with van der Waals surface area (Å²) in [5.74, 6) is -5.12. The molecule has 0 spiro atoms. The second kappa shape index (κ2) is 21.4. The molecule has 0 aromatic heterocycles. The molecule has 14 heteroatoms. The van der Waals surface area contributed by atoms with E-state index < -0.39 is 77.7 Å². The summed E-state index contributed by atoms with van der Waals surface area (Å²) in [5, 5.41) is 22.7. The molecule has 0 aliphatic carbocycles. The third kappa shape index (κ3) is 14.5. The van der Waals surface area contributed by atoms with Crippen LogP contribution in [0.3, 0.4) is 0 Å². The van der Waals surface area contributed by atoms with Gasteiger partial charge in [-0.1, -0.05) is 94.8 Å². The fourth-order valence-electron chi connectivity index (χ4n) is 5.24. The van der Waals surface area contributed by atoms with Crippen molar-refractivity contribution in [3.63, 3.8) is 0 Å². The maximum Gasteiger partial charge on any atom is 0.325 e. The van der Waals surface area contributed by atoms with Gasteiger partial charge in [-0.3, -0.25) is 28.8 Å². The Balaban J connectivity index is 2.31. The number of rotatable bonds is 21. The number of carbonyl (C=O) groups is 6. The van der Waals surface area contributed by atoms with Crippen molar-refractivity contribution in [2.75, 3.05) is 6.54 Å². The number of benzene rings is 2. The highest BCUT2D eigenvalue weighted by Crippen LogP contribution is 2.11. The lowest BCUT2D eigenvalue weighted by Crippen LogP contribution is -2.61. The van der Waals surface area contributed by atoms with Crippen LogP contribution in [0.1, 0.15) is 65.0 Å². The number of nitrogens with two attached hydrogens (primary N) is 2. The van der Waals surface area contributed by atoms with Crippen molar-refractivity contribution < 1.29 is 33.9 Å². The normalized spacial score (nSPS) is 14.7. The topological polar surface area (TPSA) is 235 Å². The first-order chi connectivity index (χ1) is 24.1. The van der Waals surface area contributed by atoms with Gasteiger partial charge in [0.05, 0.1) is 6.04 Å². The van der Waals surface area contributed by atoms with Crippen LogP contribution in [0, 0.1) is 11.8 Å². The van der Waals surface area contributed by atoms with E-state index in [9.17, 15) is 33.9 Å². The molecule has 2 rings (SSSR count). The molecule has 0 saturated heterocycles. The molecule has 0 aliphatic heterocycles. The van der Waals surface area contributed by atoms with Gasteiger partial charge >= 0.3 is 5.97 Å². The van der Waals surface area contributed by atoms with Crippen LogP contribution in [0.25, 0.3) is 0 Å². The van der Waals surface area contributed by atoms with Crippen molar-refractivity contribution >= 4 is 35.5 Å². The molecular weight excluding hydrogens is 654 g/mol. The van der Waals surface area contributed by atoms with Gasteiger partial charge in [-0.05, 0) is 49.3 Å². The maximum atomic E-state index is 13.9. The fraction of sp³-hybridized carbons (Fsp3) is 0.514. The Morgan fingerprint density at radius 3 is 1.43 bits per heavy atom. The van der Waals surface area contributed by atoms with E-state index in [-0.39, 0.29) is 18.8 Å². The Kier molecular flexibility index (Phi) is 17.8. The number of carboxylic acid groups (broad SMARTS) is 1. The van der Waals surface area contributed by atoms with Crippen molar-refractivity contribution in [2.24, 2.45) is 23.3 Å². The molecule has 5 amide bonds. The summed E-state index contributed by atoms with van der Waals surface area (Å²) in [6.45, 7) is 8.78. The molecule has 0 heterocycles. The third-order valence-corrected chi connectivity index (χ3v) is 8.36. The van der Waals surface area contributed by atoms with Gasteiger partial charge in [0.15, 0.2) is 0 Å². The zero-order valence-corrected chi connectivity index (χ0v) is 30.2. The number of amides is 5. The maximum absolute atomic E-state index is 13.9. The predicted octanol–water partition coefficient (Wildman–Crippen LogP) is 0.769. The Labute approximate surface area is 300 Å². The van der Waals surface area contributed by atoms with Gasteiger partial charge in [-0.25, -0.2) is 0 Å². The summed E-state index contributed by atoms with van der Waals surface area (Å²) < 4.78 is 0. The molecule has 0 radical (unpaired) electrons. The van der Waals surface area contributed by atoms with E-state index in [1.165, 1.54) is 6.92 Å². The first-order valence-corrected chi connectivity index (χ1v) is 17.4. The van der Waals surface area contributed by atoms with Gasteiger partial charge in [0.25, 0.3) is 0 Å². The molecule has 0 fully saturated rings. The minimum Gasteiger partial charge on any atom is -0.480 e. The summed E-state index contributed by atoms with van der Waals surface area (Å²) in [4.78, 5) is 78.9. The van der Waals surface area contributed by atoms with Crippen LogP contribution in [0.15, 0.2) is 60.7 Å². The summed E-state index contributed by atoms with van der Waals surface area (Å²) in [7, 11) is 0. The SMILES string of the molecule is CC(C)[C@H](NC(=O)[C@@H](NC(=O)[C@@H](N)CCCCN)C(C)C)C(=O)N[C@@H](Cc1ccccc1)C(=O)N[C@@H](Cc1ccccc1)C(=O)N[C@@H](C)C(=O)O. The Morgan fingerprint density at radius 2 is 1.00 bits per heavy atom. The van der Waals surface area contributed by atoms with Gasteiger partial charge in [0, 0.05) is 12.8 Å². The van der Waals surface area contributed by atoms with E-state index in [2.05, 4.69) is 26.6 Å². The second-order valence-corrected chi connectivity index (χ2v) is 13.4. The minimum atomic E-state index is -1.24. The molecule has 10 N–H and O–H groups in total. The second-order valence-electron chi connectivity index (χ2n) is 13.4. The van der Waals surface area contributed by atoms with Gasteiger partial charge in [-0.2, -0.15) is 0 Å². The Morgan fingerprint density at radius 1 is 0.588 bits per heavy atom. The lowest BCUT2D eigenvalue weighted by atomic mass is 9.98. The molecule has 2 aromatic rings. The number of hydrogen-bond acceptors (Lipinski definition) is 8. The fourth-order valence-corrected chi connectivity index (χ4v) is 5.24. The summed E-state index contributed by atoms with van der Waals surface area (Å²) in [6, 6.07) is 11.4. The molecule has 280 valence electrons. The van der Waals surface area contributed by atoms with E-state index in [0.717, 1.165) is 11.1 Å². The molecule has 0 unspecified atom stereocenters. The van der Waals surface area contributed by atoms with Crippen LogP contribution in [0.2, 0.25) is 0 Å². The molecule has 0 aliphatic rings. The Hall–Kier alpha value is -4.82.